The Morgan fingerprint density at radius 3 is 2.57 bits per heavy atom. The van der Waals surface area contributed by atoms with E-state index in [1.54, 1.807) is 6.92 Å². The van der Waals surface area contributed by atoms with E-state index in [1.807, 2.05) is 0 Å². The van der Waals surface area contributed by atoms with E-state index in [0.717, 1.165) is 6.07 Å². The minimum atomic E-state index is -4.28. The van der Waals surface area contributed by atoms with Crippen LogP contribution in [0.2, 0.25) is 0 Å². The highest BCUT2D eigenvalue weighted by atomic mass is 127. The van der Waals surface area contributed by atoms with Gasteiger partial charge in [0.05, 0.1) is 12.2 Å². The normalized spacial score (nSPS) is 17.4. The topological polar surface area (TPSA) is 68.8 Å². The Balaban J connectivity index is 0.00000450. The third-order valence-corrected chi connectivity index (χ3v) is 4.05. The number of aliphatic imine (C=N–C) groups is 1. The van der Waals surface area contributed by atoms with E-state index >= 15 is 0 Å². The Hall–Kier alpha value is -1.77. The zero-order chi connectivity index (χ0) is 21.6. The predicted molar refractivity (Wildman–Crippen MR) is 110 cm³/mol. The van der Waals surface area contributed by atoms with E-state index < -0.39 is 48.3 Å². The maximum Gasteiger partial charge on any atom is 0.401 e. The third-order valence-electron chi connectivity index (χ3n) is 4.05. The molecule has 30 heavy (non-hydrogen) atoms. The molecular formula is C17H22F6IN5O. The minimum Gasteiger partial charge on any atom is -0.357 e. The van der Waals surface area contributed by atoms with E-state index in [9.17, 15) is 31.1 Å². The van der Waals surface area contributed by atoms with Gasteiger partial charge in [0.15, 0.2) is 23.4 Å². The van der Waals surface area contributed by atoms with Crippen LogP contribution in [0.15, 0.2) is 17.1 Å². The van der Waals surface area contributed by atoms with E-state index in [1.165, 1.54) is 4.90 Å². The van der Waals surface area contributed by atoms with E-state index in [4.69, 9.17) is 0 Å². The summed E-state index contributed by atoms with van der Waals surface area (Å²) in [7, 11) is 0. The maximum absolute atomic E-state index is 13.6. The minimum absolute atomic E-state index is 0. The maximum atomic E-state index is 13.6. The second-order valence-corrected chi connectivity index (χ2v) is 6.45. The second kappa shape index (κ2) is 11.6. The molecular weight excluding hydrogens is 531 g/mol. The van der Waals surface area contributed by atoms with Gasteiger partial charge in [-0.3, -0.25) is 9.69 Å². The molecule has 0 aromatic heterocycles. The van der Waals surface area contributed by atoms with Crippen molar-refractivity contribution in [3.63, 3.8) is 0 Å². The first-order valence-corrected chi connectivity index (χ1v) is 8.86. The molecule has 0 saturated carbocycles. The van der Waals surface area contributed by atoms with Crippen LogP contribution in [0.25, 0.3) is 0 Å². The van der Waals surface area contributed by atoms with E-state index in [-0.39, 0.29) is 49.1 Å². The third kappa shape index (κ3) is 8.16. The van der Waals surface area contributed by atoms with Crippen molar-refractivity contribution < 1.29 is 31.1 Å². The van der Waals surface area contributed by atoms with Crippen molar-refractivity contribution in [1.82, 2.24) is 15.5 Å². The molecule has 1 atom stereocenters. The predicted octanol–water partition coefficient (Wildman–Crippen LogP) is 2.85. The van der Waals surface area contributed by atoms with Gasteiger partial charge >= 0.3 is 6.18 Å². The van der Waals surface area contributed by atoms with Crippen LogP contribution in [0.4, 0.5) is 32.0 Å². The molecule has 1 amide bonds. The Morgan fingerprint density at radius 2 is 1.93 bits per heavy atom. The van der Waals surface area contributed by atoms with Crippen molar-refractivity contribution in [1.29, 1.82) is 0 Å². The van der Waals surface area contributed by atoms with Gasteiger partial charge in [-0.1, -0.05) is 0 Å². The fourth-order valence-corrected chi connectivity index (χ4v) is 2.82. The molecule has 170 valence electrons. The Bertz CT molecular complexity index is 761. The number of benzene rings is 1. The number of halogens is 7. The Morgan fingerprint density at radius 1 is 1.23 bits per heavy atom. The SMILES string of the molecule is CCNC(=NCC(=O)Nc1ccc(F)c(F)c1F)NC1CCN(CC(F)(F)F)C1.I. The van der Waals surface area contributed by atoms with Crippen LogP contribution in [0.5, 0.6) is 0 Å². The molecule has 13 heteroatoms. The molecule has 1 saturated heterocycles. The number of alkyl halides is 3. The number of carbonyl (C=O) groups excluding carboxylic acids is 1. The van der Waals surface area contributed by atoms with Gasteiger partial charge in [0.25, 0.3) is 0 Å². The standard InChI is InChI=1S/C17H21F6N5O.HI/c1-2-24-16(26-10-5-6-28(8-10)9-17(21,22)23)25-7-13(29)27-12-4-3-11(18)14(19)15(12)20;/h3-4,10H,2,5-9H2,1H3,(H,27,29)(H2,24,25,26);1H. The van der Waals surface area contributed by atoms with Crippen molar-refractivity contribution in [2.45, 2.75) is 25.6 Å². The zero-order valence-electron chi connectivity index (χ0n) is 16.0. The van der Waals surface area contributed by atoms with Crippen LogP contribution in [0.3, 0.4) is 0 Å². The number of amides is 1. The Labute approximate surface area is 186 Å². The number of nitrogens with one attached hydrogen (secondary N) is 3. The lowest BCUT2D eigenvalue weighted by Gasteiger charge is -2.19. The molecule has 1 aliphatic heterocycles. The summed E-state index contributed by atoms with van der Waals surface area (Å²) in [5.41, 5.74) is -0.527. The lowest BCUT2D eigenvalue weighted by Crippen LogP contribution is -2.45. The molecule has 3 N–H and O–H groups in total. The largest absolute Gasteiger partial charge is 0.401 e. The van der Waals surface area contributed by atoms with Gasteiger partial charge in [-0.25, -0.2) is 18.2 Å². The highest BCUT2D eigenvalue weighted by molar-refractivity contribution is 14.0. The number of hydrogen-bond acceptors (Lipinski definition) is 3. The molecule has 2 rings (SSSR count). The number of carbonyl (C=O) groups is 1. The van der Waals surface area contributed by atoms with Gasteiger partial charge in [-0.2, -0.15) is 13.2 Å². The average molecular weight is 553 g/mol. The first-order valence-electron chi connectivity index (χ1n) is 8.86. The number of hydrogen-bond donors (Lipinski definition) is 3. The van der Waals surface area contributed by atoms with Gasteiger partial charge in [0.1, 0.15) is 6.54 Å². The van der Waals surface area contributed by atoms with E-state index in [2.05, 4.69) is 20.9 Å². The highest BCUT2D eigenvalue weighted by Crippen LogP contribution is 2.20. The summed E-state index contributed by atoms with van der Waals surface area (Å²) in [6, 6.07) is 1.27. The van der Waals surface area contributed by atoms with Crippen molar-refractivity contribution >= 4 is 41.5 Å². The van der Waals surface area contributed by atoms with Crippen LogP contribution < -0.4 is 16.0 Å². The van der Waals surface area contributed by atoms with Crippen LogP contribution in [-0.2, 0) is 4.79 Å². The van der Waals surface area contributed by atoms with Crippen molar-refractivity contribution in [3.05, 3.63) is 29.6 Å². The van der Waals surface area contributed by atoms with Crippen molar-refractivity contribution in [3.8, 4) is 0 Å². The van der Waals surface area contributed by atoms with E-state index in [0.29, 0.717) is 19.0 Å². The highest BCUT2D eigenvalue weighted by Gasteiger charge is 2.34. The molecule has 1 fully saturated rings. The number of rotatable bonds is 6. The molecule has 0 bridgehead atoms. The number of anilines is 1. The summed E-state index contributed by atoms with van der Waals surface area (Å²) < 4.78 is 77.1. The monoisotopic (exact) mass is 553 g/mol. The lowest BCUT2D eigenvalue weighted by molar-refractivity contribution is -0.143. The summed E-state index contributed by atoms with van der Waals surface area (Å²) in [6.45, 7) is 1.17. The quantitative estimate of drug-likeness (QED) is 0.167. The number of guanidine groups is 1. The number of nitrogens with zero attached hydrogens (tertiary/aromatic N) is 2. The first-order chi connectivity index (χ1) is 13.6. The molecule has 0 spiro atoms. The second-order valence-electron chi connectivity index (χ2n) is 6.45. The van der Waals surface area contributed by atoms with Crippen LogP contribution in [-0.4, -0.2) is 61.7 Å². The van der Waals surface area contributed by atoms with Gasteiger partial charge in [0, 0.05) is 25.7 Å². The zero-order valence-corrected chi connectivity index (χ0v) is 18.3. The smallest absolute Gasteiger partial charge is 0.357 e. The molecule has 1 aliphatic rings. The van der Waals surface area contributed by atoms with Gasteiger partial charge in [0.2, 0.25) is 5.91 Å². The average Bonchev–Trinajstić information content (AvgIpc) is 3.05. The fourth-order valence-electron chi connectivity index (χ4n) is 2.82. The number of likely N-dealkylation sites (tertiary alicyclic amines) is 1. The lowest BCUT2D eigenvalue weighted by atomic mass is 10.2. The summed E-state index contributed by atoms with van der Waals surface area (Å²) in [6.07, 6.45) is -3.81. The van der Waals surface area contributed by atoms with Crippen molar-refractivity contribution in [2.75, 3.05) is 38.0 Å². The van der Waals surface area contributed by atoms with Gasteiger partial charge in [-0.05, 0) is 25.5 Å². The molecule has 0 radical (unpaired) electrons. The molecule has 1 aromatic rings. The fraction of sp³-hybridized carbons (Fsp3) is 0.529. The molecule has 1 heterocycles. The van der Waals surface area contributed by atoms with Crippen LogP contribution in [0.1, 0.15) is 13.3 Å². The summed E-state index contributed by atoms with van der Waals surface area (Å²) >= 11 is 0. The van der Waals surface area contributed by atoms with Gasteiger partial charge < -0.3 is 16.0 Å². The van der Waals surface area contributed by atoms with Crippen LogP contribution in [0, 0.1) is 17.5 Å². The summed E-state index contributed by atoms with van der Waals surface area (Å²) in [5.74, 6) is -5.19. The first kappa shape index (κ1) is 26.3. The molecule has 6 nitrogen and oxygen atoms in total. The summed E-state index contributed by atoms with van der Waals surface area (Å²) in [5, 5.41) is 7.89. The Kier molecular flexibility index (Phi) is 10.1. The molecule has 1 aromatic carbocycles. The van der Waals surface area contributed by atoms with Gasteiger partial charge in [-0.15, -0.1) is 24.0 Å². The van der Waals surface area contributed by atoms with Crippen molar-refractivity contribution in [2.24, 2.45) is 4.99 Å². The van der Waals surface area contributed by atoms with Crippen LogP contribution >= 0.6 is 24.0 Å². The molecule has 1 unspecified atom stereocenters. The summed E-state index contributed by atoms with van der Waals surface area (Å²) in [4.78, 5) is 17.2. The molecule has 0 aliphatic carbocycles.